The number of aryl methyl sites for hydroxylation is 1. The molecular weight excluding hydrogens is 250 g/mol. The van der Waals surface area contributed by atoms with Crippen molar-refractivity contribution in [1.29, 1.82) is 5.26 Å². The van der Waals surface area contributed by atoms with Gasteiger partial charge in [-0.25, -0.2) is 9.78 Å². The van der Waals surface area contributed by atoms with E-state index in [0.717, 1.165) is 9.13 Å². The number of fused-ring (bicyclic) bond motifs is 1. The minimum absolute atomic E-state index is 0.0161. The second kappa shape index (κ2) is 4.20. The van der Waals surface area contributed by atoms with Crippen LogP contribution >= 0.6 is 0 Å². The van der Waals surface area contributed by atoms with Gasteiger partial charge >= 0.3 is 5.69 Å². The first-order chi connectivity index (χ1) is 8.90. The zero-order chi connectivity index (χ0) is 14.3. The molecule has 0 amide bonds. The van der Waals surface area contributed by atoms with Crippen molar-refractivity contribution in [2.24, 2.45) is 14.1 Å². The molecule has 0 unspecified atom stereocenters. The molecule has 0 N–H and O–H groups in total. The molecule has 0 atom stereocenters. The van der Waals surface area contributed by atoms with Gasteiger partial charge in [0.2, 0.25) is 5.91 Å². The fraction of sp³-hybridized carbons (Fsp3) is 0.364. The Hall–Kier alpha value is -2.69. The number of hydrogen-bond donors (Lipinski definition) is 0. The van der Waals surface area contributed by atoms with Crippen molar-refractivity contribution in [3.8, 4) is 6.07 Å². The maximum Gasteiger partial charge on any atom is 0.332 e. The Kier molecular flexibility index (Phi) is 2.82. The Bertz CT molecular complexity index is 846. The smallest absolute Gasteiger partial charge is 0.279 e. The maximum absolute atomic E-state index is 12.1. The van der Waals surface area contributed by atoms with Gasteiger partial charge in [0.25, 0.3) is 5.56 Å². The van der Waals surface area contributed by atoms with Crippen molar-refractivity contribution in [2.75, 3.05) is 0 Å². The Morgan fingerprint density at radius 2 is 1.95 bits per heavy atom. The number of imidazole rings is 1. The Morgan fingerprint density at radius 3 is 2.47 bits per heavy atom. The lowest BCUT2D eigenvalue weighted by Crippen LogP contribution is -2.37. The molecule has 2 rings (SSSR count). The molecule has 0 radical (unpaired) electrons. The van der Waals surface area contributed by atoms with Crippen LogP contribution in [0.25, 0.3) is 11.2 Å². The Labute approximate surface area is 107 Å². The van der Waals surface area contributed by atoms with Crippen molar-refractivity contribution >= 4 is 17.1 Å². The summed E-state index contributed by atoms with van der Waals surface area (Å²) >= 11 is 0. The lowest BCUT2D eigenvalue weighted by atomic mass is 10.4. The summed E-state index contributed by atoms with van der Waals surface area (Å²) in [5, 5.41) is 8.73. The van der Waals surface area contributed by atoms with E-state index in [4.69, 9.17) is 5.26 Å². The van der Waals surface area contributed by atoms with Crippen LogP contribution in [0.15, 0.2) is 9.59 Å². The monoisotopic (exact) mass is 261 g/mol. The van der Waals surface area contributed by atoms with Gasteiger partial charge in [0, 0.05) is 21.0 Å². The first-order valence-corrected chi connectivity index (χ1v) is 5.45. The van der Waals surface area contributed by atoms with E-state index in [1.54, 1.807) is 0 Å². The average Bonchev–Trinajstić information content (AvgIpc) is 2.74. The highest BCUT2D eigenvalue weighted by molar-refractivity contribution is 5.88. The molecule has 0 saturated heterocycles. The first-order valence-electron chi connectivity index (χ1n) is 5.45. The number of nitrogens with zero attached hydrogens (tertiary/aromatic N) is 5. The molecule has 2 heterocycles. The van der Waals surface area contributed by atoms with E-state index in [1.165, 1.54) is 25.6 Å². The number of carbonyl (C=O) groups is 1. The molecular formula is C11H11N5O3. The third kappa shape index (κ3) is 1.67. The summed E-state index contributed by atoms with van der Waals surface area (Å²) in [6.07, 6.45) is -0.119. The lowest BCUT2D eigenvalue weighted by Gasteiger charge is -2.04. The van der Waals surface area contributed by atoms with Crippen LogP contribution in [0, 0.1) is 11.3 Å². The summed E-state index contributed by atoms with van der Waals surface area (Å²) in [5.74, 6) is -0.271. The third-order valence-corrected chi connectivity index (χ3v) is 2.88. The van der Waals surface area contributed by atoms with Gasteiger partial charge in [0.05, 0.1) is 12.5 Å². The highest BCUT2D eigenvalue weighted by atomic mass is 16.2. The summed E-state index contributed by atoms with van der Waals surface area (Å²) in [5.41, 5.74) is -1.02. The van der Waals surface area contributed by atoms with Crippen molar-refractivity contribution < 1.29 is 4.79 Å². The number of rotatable bonds is 1. The molecule has 0 aliphatic carbocycles. The minimum atomic E-state index is -0.606. The van der Waals surface area contributed by atoms with Gasteiger partial charge in [-0.3, -0.25) is 23.3 Å². The van der Waals surface area contributed by atoms with Crippen LogP contribution in [0.4, 0.5) is 0 Å². The number of hydrogen-bond acceptors (Lipinski definition) is 5. The topological polar surface area (TPSA) is 103 Å². The SMILES string of the molecule is CC(=O)n1c(CC#N)nc2c1c(=O)n(C)c(=O)n2C. The average molecular weight is 261 g/mol. The molecule has 2 aromatic rings. The fourth-order valence-electron chi connectivity index (χ4n) is 1.97. The summed E-state index contributed by atoms with van der Waals surface area (Å²) in [6, 6.07) is 1.88. The second-order valence-corrected chi connectivity index (χ2v) is 4.10. The molecule has 98 valence electrons. The van der Waals surface area contributed by atoms with E-state index >= 15 is 0 Å². The van der Waals surface area contributed by atoms with E-state index < -0.39 is 17.2 Å². The highest BCUT2D eigenvalue weighted by Gasteiger charge is 2.20. The van der Waals surface area contributed by atoms with Crippen molar-refractivity contribution in [1.82, 2.24) is 18.7 Å². The normalized spacial score (nSPS) is 10.6. The van der Waals surface area contributed by atoms with E-state index in [2.05, 4.69) is 4.98 Å². The summed E-state index contributed by atoms with van der Waals surface area (Å²) in [6.45, 7) is 1.27. The van der Waals surface area contributed by atoms with Gasteiger partial charge in [-0.05, 0) is 0 Å². The van der Waals surface area contributed by atoms with E-state index in [-0.39, 0.29) is 23.4 Å². The van der Waals surface area contributed by atoms with E-state index in [9.17, 15) is 14.4 Å². The van der Waals surface area contributed by atoms with Crippen LogP contribution in [0.3, 0.4) is 0 Å². The minimum Gasteiger partial charge on any atom is -0.279 e. The highest BCUT2D eigenvalue weighted by Crippen LogP contribution is 2.11. The van der Waals surface area contributed by atoms with E-state index in [0.29, 0.717) is 0 Å². The summed E-state index contributed by atoms with van der Waals surface area (Å²) < 4.78 is 3.16. The Morgan fingerprint density at radius 1 is 1.32 bits per heavy atom. The zero-order valence-corrected chi connectivity index (χ0v) is 10.7. The van der Waals surface area contributed by atoms with Crippen molar-refractivity contribution in [2.45, 2.75) is 13.3 Å². The molecule has 2 aromatic heterocycles. The predicted octanol–water partition coefficient (Wildman–Crippen LogP) is -0.840. The zero-order valence-electron chi connectivity index (χ0n) is 10.7. The van der Waals surface area contributed by atoms with Gasteiger partial charge in [0.1, 0.15) is 5.82 Å². The largest absolute Gasteiger partial charge is 0.332 e. The number of carbonyl (C=O) groups excluding carboxylic acids is 1. The van der Waals surface area contributed by atoms with Crippen LogP contribution in [0.2, 0.25) is 0 Å². The van der Waals surface area contributed by atoms with Crippen LogP contribution in [0.1, 0.15) is 17.5 Å². The molecule has 0 spiro atoms. The van der Waals surface area contributed by atoms with E-state index in [1.807, 2.05) is 6.07 Å². The second-order valence-electron chi connectivity index (χ2n) is 4.10. The molecule has 0 saturated carbocycles. The van der Waals surface area contributed by atoms with Crippen LogP contribution in [-0.2, 0) is 20.5 Å². The molecule has 8 heteroatoms. The standard InChI is InChI=1S/C11H11N5O3/c1-6(17)16-7(4-5-12)13-9-8(16)10(18)15(3)11(19)14(9)2/h4H2,1-3H3. The first kappa shape index (κ1) is 12.8. The summed E-state index contributed by atoms with van der Waals surface area (Å²) in [4.78, 5) is 39.6. The van der Waals surface area contributed by atoms with Gasteiger partial charge in [0.15, 0.2) is 11.2 Å². The van der Waals surface area contributed by atoms with Crippen LogP contribution in [0.5, 0.6) is 0 Å². The lowest BCUT2D eigenvalue weighted by molar-refractivity contribution is 0.0938. The third-order valence-electron chi connectivity index (χ3n) is 2.88. The summed E-state index contributed by atoms with van der Waals surface area (Å²) in [7, 11) is 2.78. The molecule has 0 aliphatic heterocycles. The molecule has 0 fully saturated rings. The number of aromatic nitrogens is 4. The van der Waals surface area contributed by atoms with Gasteiger partial charge in [-0.15, -0.1) is 0 Å². The molecule has 0 bridgehead atoms. The van der Waals surface area contributed by atoms with Gasteiger partial charge in [-0.2, -0.15) is 5.26 Å². The van der Waals surface area contributed by atoms with Gasteiger partial charge in [-0.1, -0.05) is 0 Å². The quantitative estimate of drug-likeness (QED) is 0.666. The number of nitriles is 1. The molecule has 19 heavy (non-hydrogen) atoms. The van der Waals surface area contributed by atoms with Crippen LogP contribution in [-0.4, -0.2) is 24.6 Å². The molecule has 0 aliphatic rings. The predicted molar refractivity (Wildman–Crippen MR) is 65.8 cm³/mol. The van der Waals surface area contributed by atoms with Crippen molar-refractivity contribution in [3.05, 3.63) is 26.7 Å². The maximum atomic E-state index is 12.1. The fourth-order valence-corrected chi connectivity index (χ4v) is 1.97. The Balaban J connectivity index is 3.11. The van der Waals surface area contributed by atoms with Gasteiger partial charge < -0.3 is 0 Å². The molecule has 0 aromatic carbocycles. The van der Waals surface area contributed by atoms with Crippen molar-refractivity contribution in [3.63, 3.8) is 0 Å². The molecule has 8 nitrogen and oxygen atoms in total. The van der Waals surface area contributed by atoms with Crippen LogP contribution < -0.4 is 11.2 Å².